The first-order valence-electron chi connectivity index (χ1n) is 8.23. The maximum Gasteiger partial charge on any atom is 0.246 e. The first-order chi connectivity index (χ1) is 9.94. The Bertz CT molecular complexity index is 510. The molecule has 1 N–H and O–H groups in total. The second-order valence-corrected chi connectivity index (χ2v) is 7.21. The third-order valence-electron chi connectivity index (χ3n) is 4.68. The van der Waals surface area contributed by atoms with Crippen molar-refractivity contribution in [3.05, 3.63) is 18.2 Å². The number of fused-ring (bicyclic) bond motifs is 1. The van der Waals surface area contributed by atoms with E-state index in [1.807, 2.05) is 19.9 Å². The number of hydrogen-bond acceptors (Lipinski definition) is 3. The molecule has 1 aliphatic carbocycles. The summed E-state index contributed by atoms with van der Waals surface area (Å²) in [6.07, 6.45) is 5.31. The highest BCUT2D eigenvalue weighted by atomic mass is 16.7. The first-order valence-corrected chi connectivity index (χ1v) is 8.23. The summed E-state index contributed by atoms with van der Waals surface area (Å²) in [6, 6.07) is 6.78. The van der Waals surface area contributed by atoms with Crippen LogP contribution in [0.1, 0.15) is 53.4 Å². The van der Waals surface area contributed by atoms with E-state index < -0.39 is 5.79 Å². The third-order valence-corrected chi connectivity index (χ3v) is 4.68. The number of benzene rings is 1. The normalized spacial score (nSPS) is 26.9. The Hall–Kier alpha value is -1.38. The van der Waals surface area contributed by atoms with E-state index in [9.17, 15) is 0 Å². The van der Waals surface area contributed by atoms with Crippen LogP contribution in [-0.2, 0) is 0 Å². The molecule has 116 valence electrons. The second kappa shape index (κ2) is 5.43. The van der Waals surface area contributed by atoms with E-state index in [-0.39, 0.29) is 0 Å². The minimum Gasteiger partial charge on any atom is -0.449 e. The van der Waals surface area contributed by atoms with Gasteiger partial charge in [0.25, 0.3) is 0 Å². The van der Waals surface area contributed by atoms with Gasteiger partial charge in [-0.3, -0.25) is 0 Å². The van der Waals surface area contributed by atoms with Gasteiger partial charge >= 0.3 is 0 Å². The van der Waals surface area contributed by atoms with E-state index in [1.54, 1.807) is 0 Å². The summed E-state index contributed by atoms with van der Waals surface area (Å²) in [6.45, 7) is 8.56. The summed E-state index contributed by atoms with van der Waals surface area (Å²) >= 11 is 0. The van der Waals surface area contributed by atoms with Gasteiger partial charge in [-0.05, 0) is 36.8 Å². The fourth-order valence-corrected chi connectivity index (χ4v) is 3.66. The van der Waals surface area contributed by atoms with Crippen molar-refractivity contribution < 1.29 is 9.47 Å². The van der Waals surface area contributed by atoms with E-state index in [4.69, 9.17) is 9.47 Å². The van der Waals surface area contributed by atoms with E-state index >= 15 is 0 Å². The van der Waals surface area contributed by atoms with Crippen molar-refractivity contribution in [1.82, 2.24) is 0 Å². The topological polar surface area (TPSA) is 30.5 Å². The van der Waals surface area contributed by atoms with E-state index in [0.717, 1.165) is 29.0 Å². The molecular weight excluding hydrogens is 262 g/mol. The third kappa shape index (κ3) is 3.12. The van der Waals surface area contributed by atoms with Crippen molar-refractivity contribution in [2.45, 2.75) is 65.2 Å². The molecule has 0 amide bonds. The summed E-state index contributed by atoms with van der Waals surface area (Å²) < 4.78 is 11.6. The predicted octanol–water partition coefficient (Wildman–Crippen LogP) is 4.82. The molecule has 2 unspecified atom stereocenters. The van der Waals surface area contributed by atoms with Crippen molar-refractivity contribution >= 4 is 5.69 Å². The SMILES string of the molecule is CC(C)C1CCCCC1Nc1ccc2c(c1)OC(C)(C)O2. The zero-order valence-electron chi connectivity index (χ0n) is 13.6. The second-order valence-electron chi connectivity index (χ2n) is 7.21. The van der Waals surface area contributed by atoms with Crippen molar-refractivity contribution in [1.29, 1.82) is 0 Å². The molecule has 1 aromatic rings. The van der Waals surface area contributed by atoms with Crippen molar-refractivity contribution in [3.8, 4) is 11.5 Å². The average Bonchev–Trinajstić information content (AvgIpc) is 2.72. The van der Waals surface area contributed by atoms with Crippen LogP contribution < -0.4 is 14.8 Å². The fraction of sp³-hybridized carbons (Fsp3) is 0.667. The van der Waals surface area contributed by atoms with Gasteiger partial charge in [-0.15, -0.1) is 0 Å². The fourth-order valence-electron chi connectivity index (χ4n) is 3.66. The van der Waals surface area contributed by atoms with Gasteiger partial charge < -0.3 is 14.8 Å². The minimum absolute atomic E-state index is 0.549. The monoisotopic (exact) mass is 289 g/mol. The molecule has 3 nitrogen and oxygen atoms in total. The van der Waals surface area contributed by atoms with Crippen molar-refractivity contribution in [3.63, 3.8) is 0 Å². The highest BCUT2D eigenvalue weighted by molar-refractivity contribution is 5.56. The Labute approximate surface area is 128 Å². The maximum absolute atomic E-state index is 5.84. The zero-order chi connectivity index (χ0) is 15.0. The zero-order valence-corrected chi connectivity index (χ0v) is 13.6. The molecule has 1 fully saturated rings. The molecule has 21 heavy (non-hydrogen) atoms. The maximum atomic E-state index is 5.84. The number of hydrogen-bond donors (Lipinski definition) is 1. The molecule has 3 rings (SSSR count). The largest absolute Gasteiger partial charge is 0.449 e. The van der Waals surface area contributed by atoms with Crippen LogP contribution in [0, 0.1) is 11.8 Å². The summed E-state index contributed by atoms with van der Waals surface area (Å²) in [4.78, 5) is 0. The number of anilines is 1. The molecule has 1 aliphatic heterocycles. The van der Waals surface area contributed by atoms with Gasteiger partial charge in [-0.2, -0.15) is 0 Å². The summed E-state index contributed by atoms with van der Waals surface area (Å²) in [5.41, 5.74) is 1.15. The van der Waals surface area contributed by atoms with Gasteiger partial charge in [0.15, 0.2) is 11.5 Å². The van der Waals surface area contributed by atoms with Crippen LogP contribution in [0.4, 0.5) is 5.69 Å². The molecule has 1 saturated carbocycles. The molecule has 2 atom stereocenters. The summed E-state index contributed by atoms with van der Waals surface area (Å²) in [7, 11) is 0. The summed E-state index contributed by atoms with van der Waals surface area (Å²) in [5.74, 6) is 2.64. The van der Waals surface area contributed by atoms with E-state index in [0.29, 0.717) is 6.04 Å². The molecule has 1 aromatic carbocycles. The first kappa shape index (κ1) is 14.6. The van der Waals surface area contributed by atoms with Crippen LogP contribution in [-0.4, -0.2) is 11.8 Å². The van der Waals surface area contributed by atoms with E-state index in [1.165, 1.54) is 25.7 Å². The lowest BCUT2D eigenvalue weighted by Gasteiger charge is -2.35. The lowest BCUT2D eigenvalue weighted by Crippen LogP contribution is -2.35. The van der Waals surface area contributed by atoms with Crippen LogP contribution in [0.2, 0.25) is 0 Å². The molecule has 0 radical (unpaired) electrons. The molecule has 0 saturated heterocycles. The molecular formula is C18H27NO2. The molecule has 1 heterocycles. The number of nitrogens with one attached hydrogen (secondary N) is 1. The van der Waals surface area contributed by atoms with Gasteiger partial charge in [0.2, 0.25) is 5.79 Å². The van der Waals surface area contributed by atoms with Crippen LogP contribution in [0.5, 0.6) is 11.5 Å². The average molecular weight is 289 g/mol. The van der Waals surface area contributed by atoms with Crippen LogP contribution in [0.15, 0.2) is 18.2 Å². The lowest BCUT2D eigenvalue weighted by atomic mass is 9.78. The Morgan fingerprint density at radius 3 is 2.57 bits per heavy atom. The van der Waals surface area contributed by atoms with Crippen molar-refractivity contribution in [2.24, 2.45) is 11.8 Å². The number of rotatable bonds is 3. The van der Waals surface area contributed by atoms with Crippen LogP contribution in [0.25, 0.3) is 0 Å². The Balaban J connectivity index is 1.74. The highest BCUT2D eigenvalue weighted by Gasteiger charge is 2.32. The van der Waals surface area contributed by atoms with Gasteiger partial charge in [0.05, 0.1) is 0 Å². The number of ether oxygens (including phenoxy) is 2. The lowest BCUT2D eigenvalue weighted by molar-refractivity contribution is -0.0431. The molecule has 2 aliphatic rings. The highest BCUT2D eigenvalue weighted by Crippen LogP contribution is 2.41. The minimum atomic E-state index is -0.549. The van der Waals surface area contributed by atoms with Crippen LogP contribution in [0.3, 0.4) is 0 Å². The molecule has 0 aromatic heterocycles. The van der Waals surface area contributed by atoms with Gasteiger partial charge in [-0.1, -0.05) is 26.7 Å². The summed E-state index contributed by atoms with van der Waals surface area (Å²) in [5, 5.41) is 3.73. The molecule has 0 bridgehead atoms. The van der Waals surface area contributed by atoms with Gasteiger partial charge in [0.1, 0.15) is 0 Å². The Morgan fingerprint density at radius 2 is 1.81 bits per heavy atom. The van der Waals surface area contributed by atoms with E-state index in [2.05, 4.69) is 31.3 Å². The predicted molar refractivity (Wildman–Crippen MR) is 86.0 cm³/mol. The van der Waals surface area contributed by atoms with Gasteiger partial charge in [-0.25, -0.2) is 0 Å². The van der Waals surface area contributed by atoms with Gasteiger partial charge in [0, 0.05) is 31.6 Å². The molecule has 3 heteroatoms. The molecule has 0 spiro atoms. The standard InChI is InChI=1S/C18H27NO2/c1-12(2)14-7-5-6-8-15(14)19-13-9-10-16-17(11-13)21-18(3,4)20-16/h9-12,14-15,19H,5-8H2,1-4H3. The quantitative estimate of drug-likeness (QED) is 0.865. The Kier molecular flexibility index (Phi) is 3.76. The van der Waals surface area contributed by atoms with Crippen molar-refractivity contribution in [2.75, 3.05) is 5.32 Å². The smallest absolute Gasteiger partial charge is 0.246 e. The van der Waals surface area contributed by atoms with Crippen LogP contribution >= 0.6 is 0 Å². The Morgan fingerprint density at radius 1 is 1.10 bits per heavy atom.